The molecule has 0 saturated heterocycles. The van der Waals surface area contributed by atoms with Crippen molar-refractivity contribution in [1.29, 1.82) is 0 Å². The summed E-state index contributed by atoms with van der Waals surface area (Å²) in [5.41, 5.74) is 0.149. The molecule has 7 nitrogen and oxygen atoms in total. The third kappa shape index (κ3) is 3.86. The SMILES string of the molecule is CCCCOC(=O)c1[nH]c(=O)c2cc(Oc3ccc4nc(C)sc4c3)ccc2c1O. The molecule has 0 aliphatic heterocycles. The number of rotatable bonds is 6. The molecule has 8 heteroatoms. The van der Waals surface area contributed by atoms with E-state index in [1.165, 1.54) is 6.07 Å². The highest BCUT2D eigenvalue weighted by molar-refractivity contribution is 7.18. The van der Waals surface area contributed by atoms with Crippen molar-refractivity contribution in [2.75, 3.05) is 6.61 Å². The summed E-state index contributed by atoms with van der Waals surface area (Å²) in [5, 5.41) is 11.9. The highest BCUT2D eigenvalue weighted by atomic mass is 32.1. The summed E-state index contributed by atoms with van der Waals surface area (Å²) in [7, 11) is 0. The van der Waals surface area contributed by atoms with E-state index in [1.807, 2.05) is 32.0 Å². The molecular weight excluding hydrogens is 404 g/mol. The van der Waals surface area contributed by atoms with Crippen LogP contribution in [-0.4, -0.2) is 27.7 Å². The number of H-pyrrole nitrogens is 1. The number of aromatic nitrogens is 2. The molecule has 0 atom stereocenters. The van der Waals surface area contributed by atoms with Gasteiger partial charge < -0.3 is 19.6 Å². The van der Waals surface area contributed by atoms with E-state index in [9.17, 15) is 14.7 Å². The van der Waals surface area contributed by atoms with E-state index in [1.54, 1.807) is 23.5 Å². The van der Waals surface area contributed by atoms with Crippen molar-refractivity contribution in [3.63, 3.8) is 0 Å². The van der Waals surface area contributed by atoms with Gasteiger partial charge in [0.2, 0.25) is 0 Å². The van der Waals surface area contributed by atoms with E-state index in [4.69, 9.17) is 9.47 Å². The normalized spacial score (nSPS) is 11.1. The maximum absolute atomic E-state index is 12.5. The number of aryl methyl sites for hydroxylation is 1. The van der Waals surface area contributed by atoms with E-state index >= 15 is 0 Å². The number of ether oxygens (including phenoxy) is 2. The van der Waals surface area contributed by atoms with Crippen molar-refractivity contribution in [2.24, 2.45) is 0 Å². The number of carbonyl (C=O) groups is 1. The largest absolute Gasteiger partial charge is 0.505 e. The van der Waals surface area contributed by atoms with Crippen LogP contribution in [0.2, 0.25) is 0 Å². The van der Waals surface area contributed by atoms with Gasteiger partial charge in [0.05, 0.1) is 27.2 Å². The number of pyridine rings is 1. The maximum atomic E-state index is 12.5. The van der Waals surface area contributed by atoms with Crippen LogP contribution in [0.25, 0.3) is 21.0 Å². The van der Waals surface area contributed by atoms with Gasteiger partial charge in [0.25, 0.3) is 5.56 Å². The number of benzene rings is 2. The predicted octanol–water partition coefficient (Wildman–Crippen LogP) is 4.90. The van der Waals surface area contributed by atoms with Crippen LogP contribution in [0.5, 0.6) is 17.2 Å². The van der Waals surface area contributed by atoms with Crippen molar-refractivity contribution >= 4 is 38.3 Å². The minimum Gasteiger partial charge on any atom is -0.505 e. The Labute approximate surface area is 175 Å². The third-order valence-corrected chi connectivity index (χ3v) is 5.54. The molecule has 0 aliphatic carbocycles. The first kappa shape index (κ1) is 19.9. The van der Waals surface area contributed by atoms with E-state index < -0.39 is 11.5 Å². The van der Waals surface area contributed by atoms with Crippen LogP contribution in [0.1, 0.15) is 35.3 Å². The lowest BCUT2D eigenvalue weighted by molar-refractivity contribution is 0.0489. The maximum Gasteiger partial charge on any atom is 0.358 e. The molecule has 2 aromatic heterocycles. The number of nitrogens with zero attached hydrogens (tertiary/aromatic N) is 1. The molecule has 30 heavy (non-hydrogen) atoms. The Morgan fingerprint density at radius 1 is 1.17 bits per heavy atom. The summed E-state index contributed by atoms with van der Waals surface area (Å²) in [6.45, 7) is 4.14. The van der Waals surface area contributed by atoms with Crippen molar-refractivity contribution in [3.8, 4) is 17.2 Å². The van der Waals surface area contributed by atoms with E-state index in [-0.39, 0.29) is 28.8 Å². The van der Waals surface area contributed by atoms with Crippen LogP contribution in [0.4, 0.5) is 0 Å². The average Bonchev–Trinajstić information content (AvgIpc) is 3.10. The fourth-order valence-electron chi connectivity index (χ4n) is 3.10. The summed E-state index contributed by atoms with van der Waals surface area (Å²) in [4.78, 5) is 31.5. The van der Waals surface area contributed by atoms with Gasteiger partial charge in [-0.2, -0.15) is 0 Å². The summed E-state index contributed by atoms with van der Waals surface area (Å²) in [6.07, 6.45) is 1.57. The molecule has 0 radical (unpaired) electrons. The number of carbonyl (C=O) groups excluding carboxylic acids is 1. The van der Waals surface area contributed by atoms with E-state index in [0.717, 1.165) is 21.6 Å². The van der Waals surface area contributed by atoms with Crippen molar-refractivity contribution in [3.05, 3.63) is 57.5 Å². The number of esters is 1. The number of unbranched alkanes of at least 4 members (excludes halogenated alkanes) is 1. The Morgan fingerprint density at radius 3 is 2.73 bits per heavy atom. The van der Waals surface area contributed by atoms with Crippen LogP contribution < -0.4 is 10.3 Å². The first-order valence-electron chi connectivity index (χ1n) is 9.57. The van der Waals surface area contributed by atoms with Gasteiger partial charge in [0, 0.05) is 11.5 Å². The molecule has 0 spiro atoms. The number of fused-ring (bicyclic) bond motifs is 2. The van der Waals surface area contributed by atoms with Gasteiger partial charge in [-0.3, -0.25) is 4.79 Å². The van der Waals surface area contributed by atoms with Crippen LogP contribution in [0.3, 0.4) is 0 Å². The quantitative estimate of drug-likeness (QED) is 0.337. The predicted molar refractivity (Wildman–Crippen MR) is 116 cm³/mol. The van der Waals surface area contributed by atoms with E-state index in [2.05, 4.69) is 9.97 Å². The van der Waals surface area contributed by atoms with Crippen LogP contribution >= 0.6 is 11.3 Å². The lowest BCUT2D eigenvalue weighted by atomic mass is 10.1. The molecule has 0 fully saturated rings. The van der Waals surface area contributed by atoms with Crippen molar-refractivity contribution < 1.29 is 19.4 Å². The second kappa shape index (κ2) is 8.16. The number of aromatic amines is 1. The monoisotopic (exact) mass is 424 g/mol. The van der Waals surface area contributed by atoms with Gasteiger partial charge in [-0.1, -0.05) is 13.3 Å². The fourth-order valence-corrected chi connectivity index (χ4v) is 3.96. The molecule has 0 unspecified atom stereocenters. The highest BCUT2D eigenvalue weighted by Gasteiger charge is 2.19. The van der Waals surface area contributed by atoms with Crippen LogP contribution in [-0.2, 0) is 4.74 Å². The van der Waals surface area contributed by atoms with Gasteiger partial charge in [0.1, 0.15) is 11.5 Å². The molecule has 2 heterocycles. The number of thiazole rings is 1. The number of aromatic hydroxyl groups is 1. The summed E-state index contributed by atoms with van der Waals surface area (Å²) in [6, 6.07) is 10.3. The lowest BCUT2D eigenvalue weighted by Crippen LogP contribution is -2.16. The third-order valence-electron chi connectivity index (χ3n) is 4.60. The Morgan fingerprint density at radius 2 is 1.93 bits per heavy atom. The minimum atomic E-state index is -0.756. The Bertz CT molecular complexity index is 1310. The Balaban J connectivity index is 1.65. The molecule has 4 aromatic rings. The number of hydrogen-bond donors (Lipinski definition) is 2. The summed E-state index contributed by atoms with van der Waals surface area (Å²) in [5.74, 6) is -0.0267. The molecule has 0 saturated carbocycles. The summed E-state index contributed by atoms with van der Waals surface area (Å²) < 4.78 is 12.0. The molecular formula is C22H20N2O5S. The second-order valence-electron chi connectivity index (χ2n) is 6.84. The molecule has 0 amide bonds. The molecule has 4 rings (SSSR count). The smallest absolute Gasteiger partial charge is 0.358 e. The standard InChI is InChI=1S/C22H20N2O5S/c1-3-4-9-28-22(27)19-20(25)15-7-5-13(10-16(15)21(26)24-19)29-14-6-8-17-18(11-14)30-12(2)23-17/h5-8,10-11,25H,3-4,9H2,1-2H3,(H,24,26). The molecule has 2 N–H and O–H groups in total. The summed E-state index contributed by atoms with van der Waals surface area (Å²) >= 11 is 1.57. The number of hydrogen-bond acceptors (Lipinski definition) is 7. The van der Waals surface area contributed by atoms with E-state index in [0.29, 0.717) is 17.9 Å². The zero-order chi connectivity index (χ0) is 21.3. The topological polar surface area (TPSA) is 102 Å². The van der Waals surface area contributed by atoms with Crippen molar-refractivity contribution in [2.45, 2.75) is 26.7 Å². The van der Waals surface area contributed by atoms with Gasteiger partial charge in [-0.15, -0.1) is 11.3 Å². The molecule has 154 valence electrons. The lowest BCUT2D eigenvalue weighted by Gasteiger charge is -2.10. The van der Waals surface area contributed by atoms with Gasteiger partial charge in [-0.25, -0.2) is 9.78 Å². The molecule has 2 aromatic carbocycles. The second-order valence-corrected chi connectivity index (χ2v) is 8.07. The minimum absolute atomic E-state index is 0.213. The van der Waals surface area contributed by atoms with Gasteiger partial charge >= 0.3 is 5.97 Å². The van der Waals surface area contributed by atoms with Crippen LogP contribution in [0, 0.1) is 6.92 Å². The van der Waals surface area contributed by atoms with Crippen molar-refractivity contribution in [1.82, 2.24) is 9.97 Å². The highest BCUT2D eigenvalue weighted by Crippen LogP contribution is 2.32. The Hall–Kier alpha value is -3.39. The zero-order valence-corrected chi connectivity index (χ0v) is 17.3. The first-order chi connectivity index (χ1) is 14.5. The molecule has 0 aliphatic rings. The fraction of sp³-hybridized carbons (Fsp3) is 0.227. The van der Waals surface area contributed by atoms with Gasteiger partial charge in [0.15, 0.2) is 11.4 Å². The molecule has 0 bridgehead atoms. The number of nitrogens with one attached hydrogen (secondary N) is 1. The first-order valence-corrected chi connectivity index (χ1v) is 10.4. The van der Waals surface area contributed by atoms with Gasteiger partial charge in [-0.05, 0) is 43.7 Å². The van der Waals surface area contributed by atoms with Crippen LogP contribution in [0.15, 0.2) is 41.2 Å². The average molecular weight is 424 g/mol. The zero-order valence-electron chi connectivity index (χ0n) is 16.5. The Kier molecular flexibility index (Phi) is 5.41.